The normalized spacial score (nSPS) is 22.5. The van der Waals surface area contributed by atoms with Crippen molar-refractivity contribution in [1.82, 2.24) is 10.2 Å². The van der Waals surface area contributed by atoms with E-state index in [2.05, 4.69) is 5.32 Å². The summed E-state index contributed by atoms with van der Waals surface area (Å²) in [7, 11) is -3.28. The molecule has 0 spiro atoms. The van der Waals surface area contributed by atoms with Crippen molar-refractivity contribution in [2.75, 3.05) is 25.4 Å². The summed E-state index contributed by atoms with van der Waals surface area (Å²) in [5, 5.41) is 2.67. The van der Waals surface area contributed by atoms with E-state index in [1.54, 1.807) is 18.7 Å². The highest BCUT2D eigenvalue weighted by Gasteiger charge is 2.28. The molecule has 0 bridgehead atoms. The molecule has 1 fully saturated rings. The molecule has 6 heteroatoms. The Morgan fingerprint density at radius 2 is 2.12 bits per heavy atom. The lowest BCUT2D eigenvalue weighted by Crippen LogP contribution is -2.53. The zero-order valence-corrected chi connectivity index (χ0v) is 10.9. The summed E-state index contributed by atoms with van der Waals surface area (Å²) in [5.74, 6) is -0.641. The van der Waals surface area contributed by atoms with Crippen LogP contribution in [-0.2, 0) is 14.6 Å². The van der Waals surface area contributed by atoms with Crippen LogP contribution in [0.5, 0.6) is 0 Å². The Morgan fingerprint density at radius 1 is 1.50 bits per heavy atom. The summed E-state index contributed by atoms with van der Waals surface area (Å²) in [6, 6.07) is 0.0728. The first-order valence-electron chi connectivity index (χ1n) is 5.56. The summed E-state index contributed by atoms with van der Waals surface area (Å²) in [4.78, 5) is 13.5. The van der Waals surface area contributed by atoms with E-state index in [1.807, 2.05) is 6.92 Å². The predicted molar refractivity (Wildman–Crippen MR) is 63.0 cm³/mol. The monoisotopic (exact) mass is 248 g/mol. The summed E-state index contributed by atoms with van der Waals surface area (Å²) in [6.07, 6.45) is 0. The number of carbonyl (C=O) groups excluding carboxylic acids is 1. The van der Waals surface area contributed by atoms with Crippen LogP contribution in [0.3, 0.4) is 0 Å². The van der Waals surface area contributed by atoms with Gasteiger partial charge in [0.25, 0.3) is 0 Å². The van der Waals surface area contributed by atoms with Gasteiger partial charge in [-0.15, -0.1) is 0 Å². The number of nitrogens with zero attached hydrogens (tertiary/aromatic N) is 1. The van der Waals surface area contributed by atoms with Crippen molar-refractivity contribution in [3.63, 3.8) is 0 Å². The second-order valence-electron chi connectivity index (χ2n) is 4.50. The third-order valence-electron chi connectivity index (χ3n) is 2.86. The van der Waals surface area contributed by atoms with Gasteiger partial charge in [-0.2, -0.15) is 0 Å². The molecule has 94 valence electrons. The van der Waals surface area contributed by atoms with Gasteiger partial charge in [0.2, 0.25) is 5.91 Å². The van der Waals surface area contributed by atoms with Crippen LogP contribution in [0.25, 0.3) is 0 Å². The minimum Gasteiger partial charge on any atom is -0.337 e. The molecule has 1 aliphatic rings. The molecule has 5 nitrogen and oxygen atoms in total. The van der Waals surface area contributed by atoms with Crippen molar-refractivity contribution in [3.8, 4) is 0 Å². The quantitative estimate of drug-likeness (QED) is 0.740. The highest BCUT2D eigenvalue weighted by molar-refractivity contribution is 7.92. The third kappa shape index (κ3) is 3.18. The van der Waals surface area contributed by atoms with E-state index in [0.29, 0.717) is 6.54 Å². The maximum absolute atomic E-state index is 11.8. The fraction of sp³-hybridized carbons (Fsp3) is 0.900. The lowest BCUT2D eigenvalue weighted by Gasteiger charge is -2.34. The standard InChI is InChI=1S/C10H20N2O3S/c1-8(2)16(14,15)7-10(13)12-5-4-11-6-9(12)3/h8-9,11H,4-7H2,1-3H3/t9-/m0/s1. The molecular weight excluding hydrogens is 228 g/mol. The van der Waals surface area contributed by atoms with Gasteiger partial charge < -0.3 is 10.2 Å². The van der Waals surface area contributed by atoms with Crippen LogP contribution in [0, 0.1) is 0 Å². The lowest BCUT2D eigenvalue weighted by atomic mass is 10.2. The third-order valence-corrected chi connectivity index (χ3v) is 4.95. The predicted octanol–water partition coefficient (Wildman–Crippen LogP) is -0.370. The van der Waals surface area contributed by atoms with Gasteiger partial charge in [-0.25, -0.2) is 8.42 Å². The molecule has 0 aromatic rings. The highest BCUT2D eigenvalue weighted by Crippen LogP contribution is 2.07. The number of carbonyl (C=O) groups is 1. The van der Waals surface area contributed by atoms with Crippen LogP contribution in [0.1, 0.15) is 20.8 Å². The molecule has 1 amide bonds. The largest absolute Gasteiger partial charge is 0.337 e. The van der Waals surface area contributed by atoms with E-state index >= 15 is 0 Å². The van der Waals surface area contributed by atoms with Gasteiger partial charge in [0.1, 0.15) is 5.75 Å². The Bertz CT molecular complexity index is 351. The zero-order chi connectivity index (χ0) is 12.3. The molecule has 1 saturated heterocycles. The van der Waals surface area contributed by atoms with E-state index in [-0.39, 0.29) is 17.7 Å². The van der Waals surface area contributed by atoms with Crippen LogP contribution >= 0.6 is 0 Å². The Balaban J connectivity index is 2.65. The summed E-state index contributed by atoms with van der Waals surface area (Å²) in [6.45, 7) is 7.18. The fourth-order valence-electron chi connectivity index (χ4n) is 1.63. The molecule has 1 aliphatic heterocycles. The van der Waals surface area contributed by atoms with Crippen molar-refractivity contribution < 1.29 is 13.2 Å². The molecule has 1 atom stereocenters. The number of sulfone groups is 1. The van der Waals surface area contributed by atoms with Crippen LogP contribution < -0.4 is 5.32 Å². The molecule has 0 aromatic heterocycles. The molecule has 0 saturated carbocycles. The second-order valence-corrected chi connectivity index (χ2v) is 7.05. The number of hydrogen-bond donors (Lipinski definition) is 1. The molecule has 16 heavy (non-hydrogen) atoms. The lowest BCUT2D eigenvalue weighted by molar-refractivity contribution is -0.131. The first kappa shape index (κ1) is 13.4. The molecule has 0 radical (unpaired) electrons. The maximum Gasteiger partial charge on any atom is 0.238 e. The van der Waals surface area contributed by atoms with E-state index in [9.17, 15) is 13.2 Å². The van der Waals surface area contributed by atoms with Gasteiger partial charge in [-0.05, 0) is 20.8 Å². The van der Waals surface area contributed by atoms with Crippen LogP contribution in [0.15, 0.2) is 0 Å². The molecule has 0 unspecified atom stereocenters. The first-order chi connectivity index (χ1) is 7.34. The Labute approximate surface area is 97.1 Å². The SMILES string of the molecule is CC(C)S(=O)(=O)CC(=O)N1CCNC[C@@H]1C. The molecular formula is C10H20N2O3S. The van der Waals surface area contributed by atoms with Gasteiger partial charge >= 0.3 is 0 Å². The molecule has 1 N–H and O–H groups in total. The number of rotatable bonds is 3. The number of nitrogens with one attached hydrogen (secondary N) is 1. The fourth-order valence-corrected chi connectivity index (χ4v) is 2.48. The van der Waals surface area contributed by atoms with Gasteiger partial charge in [0.05, 0.1) is 5.25 Å². The smallest absolute Gasteiger partial charge is 0.238 e. The van der Waals surface area contributed by atoms with Crippen molar-refractivity contribution >= 4 is 15.7 Å². The molecule has 0 aromatic carbocycles. The maximum atomic E-state index is 11.8. The average Bonchev–Trinajstić information content (AvgIpc) is 2.17. The summed E-state index contributed by atoms with van der Waals surface area (Å²) in [5.41, 5.74) is 0. The van der Waals surface area contributed by atoms with Crippen molar-refractivity contribution in [1.29, 1.82) is 0 Å². The van der Waals surface area contributed by atoms with Gasteiger partial charge in [0, 0.05) is 25.7 Å². The van der Waals surface area contributed by atoms with Crippen molar-refractivity contribution in [2.24, 2.45) is 0 Å². The molecule has 1 rings (SSSR count). The minimum absolute atomic E-state index is 0.0728. The van der Waals surface area contributed by atoms with Crippen molar-refractivity contribution in [3.05, 3.63) is 0 Å². The Morgan fingerprint density at radius 3 is 2.62 bits per heavy atom. The van der Waals surface area contributed by atoms with Crippen LogP contribution in [-0.4, -0.2) is 55.9 Å². The Kier molecular flexibility index (Phi) is 4.32. The zero-order valence-electron chi connectivity index (χ0n) is 10.1. The number of hydrogen-bond acceptors (Lipinski definition) is 4. The van der Waals surface area contributed by atoms with Crippen LogP contribution in [0.2, 0.25) is 0 Å². The van der Waals surface area contributed by atoms with Gasteiger partial charge in [0.15, 0.2) is 9.84 Å². The van der Waals surface area contributed by atoms with E-state index in [4.69, 9.17) is 0 Å². The first-order valence-corrected chi connectivity index (χ1v) is 7.28. The minimum atomic E-state index is -3.28. The molecule has 0 aliphatic carbocycles. The van der Waals surface area contributed by atoms with E-state index in [1.165, 1.54) is 0 Å². The topological polar surface area (TPSA) is 66.5 Å². The van der Waals surface area contributed by atoms with Crippen molar-refractivity contribution in [2.45, 2.75) is 32.1 Å². The van der Waals surface area contributed by atoms with Gasteiger partial charge in [-0.3, -0.25) is 4.79 Å². The van der Waals surface area contributed by atoms with Gasteiger partial charge in [-0.1, -0.05) is 0 Å². The number of amides is 1. The van der Waals surface area contributed by atoms with E-state index in [0.717, 1.165) is 13.1 Å². The van der Waals surface area contributed by atoms with E-state index < -0.39 is 15.1 Å². The number of piperazine rings is 1. The second kappa shape index (κ2) is 5.14. The van der Waals surface area contributed by atoms with Crippen LogP contribution in [0.4, 0.5) is 0 Å². The summed E-state index contributed by atoms with van der Waals surface area (Å²) >= 11 is 0. The average molecular weight is 248 g/mol. The Hall–Kier alpha value is -0.620. The highest BCUT2D eigenvalue weighted by atomic mass is 32.2. The summed E-state index contributed by atoms with van der Waals surface area (Å²) < 4.78 is 23.3. The molecule has 1 heterocycles.